The number of carboxylic acids is 1. The van der Waals surface area contributed by atoms with Gasteiger partial charge in [0.25, 0.3) is 0 Å². The van der Waals surface area contributed by atoms with Crippen molar-refractivity contribution in [1.29, 1.82) is 0 Å². The van der Waals surface area contributed by atoms with Gasteiger partial charge in [0.1, 0.15) is 5.54 Å². The van der Waals surface area contributed by atoms with Gasteiger partial charge in [0.2, 0.25) is 0 Å². The molecule has 1 saturated carbocycles. The minimum Gasteiger partial charge on any atom is -0.480 e. The quantitative estimate of drug-likeness (QED) is 0.669. The van der Waals surface area contributed by atoms with Crippen molar-refractivity contribution in [3.8, 4) is 0 Å². The molecule has 1 aliphatic rings. The molecule has 70 valence electrons. The van der Waals surface area contributed by atoms with E-state index in [1.807, 2.05) is 13.8 Å². The van der Waals surface area contributed by atoms with Crippen molar-refractivity contribution in [2.75, 3.05) is 0 Å². The van der Waals surface area contributed by atoms with E-state index < -0.39 is 11.5 Å². The fraction of sp³-hybridized carbons (Fsp3) is 0.889. The van der Waals surface area contributed by atoms with Crippen LogP contribution in [0.3, 0.4) is 0 Å². The van der Waals surface area contributed by atoms with Crippen molar-refractivity contribution >= 4 is 5.97 Å². The Kier molecular flexibility index (Phi) is 2.42. The van der Waals surface area contributed by atoms with Gasteiger partial charge in [-0.2, -0.15) is 0 Å². The van der Waals surface area contributed by atoms with Crippen LogP contribution in [0.25, 0.3) is 0 Å². The van der Waals surface area contributed by atoms with Crippen LogP contribution in [-0.4, -0.2) is 22.7 Å². The van der Waals surface area contributed by atoms with Gasteiger partial charge >= 0.3 is 5.97 Å². The number of aliphatic carboxylic acids is 1. The minimum absolute atomic E-state index is 0.228. The monoisotopic (exact) mass is 171 g/mol. The Bertz CT molecular complexity index is 187. The van der Waals surface area contributed by atoms with Crippen molar-refractivity contribution < 1.29 is 9.90 Å². The van der Waals surface area contributed by atoms with E-state index in [9.17, 15) is 4.79 Å². The number of hydrogen-bond donors (Lipinski definition) is 2. The molecular formula is C9H17NO2. The van der Waals surface area contributed by atoms with Crippen LogP contribution in [0, 0.1) is 5.92 Å². The normalized spacial score (nSPS) is 22.3. The lowest BCUT2D eigenvalue weighted by molar-refractivity contribution is -0.145. The predicted octanol–water partition coefficient (Wildman–Crippen LogP) is 1.24. The van der Waals surface area contributed by atoms with Crippen molar-refractivity contribution in [2.24, 2.45) is 5.92 Å². The molecule has 0 aromatic carbocycles. The second-order valence-corrected chi connectivity index (χ2v) is 4.08. The topological polar surface area (TPSA) is 49.3 Å². The van der Waals surface area contributed by atoms with Crippen LogP contribution in [0.2, 0.25) is 0 Å². The van der Waals surface area contributed by atoms with Crippen LogP contribution < -0.4 is 5.32 Å². The first-order valence-electron chi connectivity index (χ1n) is 4.48. The Labute approximate surface area is 73.2 Å². The first-order valence-corrected chi connectivity index (χ1v) is 4.48. The van der Waals surface area contributed by atoms with E-state index in [4.69, 9.17) is 5.11 Å². The minimum atomic E-state index is -0.723. The van der Waals surface area contributed by atoms with Gasteiger partial charge in [-0.3, -0.25) is 10.1 Å². The van der Waals surface area contributed by atoms with E-state index in [1.165, 1.54) is 0 Å². The van der Waals surface area contributed by atoms with Gasteiger partial charge in [-0.25, -0.2) is 0 Å². The molecule has 3 heteroatoms. The molecule has 0 aliphatic heterocycles. The third-order valence-electron chi connectivity index (χ3n) is 2.43. The van der Waals surface area contributed by atoms with Crippen LogP contribution in [0.15, 0.2) is 0 Å². The lowest BCUT2D eigenvalue weighted by Crippen LogP contribution is -2.54. The second-order valence-electron chi connectivity index (χ2n) is 4.08. The lowest BCUT2D eigenvalue weighted by Gasteiger charge is -2.28. The van der Waals surface area contributed by atoms with E-state index in [1.54, 1.807) is 6.92 Å². The first-order chi connectivity index (χ1) is 5.47. The van der Waals surface area contributed by atoms with E-state index in [0.29, 0.717) is 5.92 Å². The molecule has 0 heterocycles. The Balaban J connectivity index is 2.64. The maximum atomic E-state index is 11.0. The third-order valence-corrected chi connectivity index (χ3v) is 2.43. The summed E-state index contributed by atoms with van der Waals surface area (Å²) in [6, 6.07) is 0.228. The molecule has 0 bridgehead atoms. The summed E-state index contributed by atoms with van der Waals surface area (Å²) in [6.45, 7) is 5.74. The zero-order chi connectivity index (χ0) is 9.35. The van der Waals surface area contributed by atoms with Crippen molar-refractivity contribution in [1.82, 2.24) is 5.32 Å². The highest BCUT2D eigenvalue weighted by Crippen LogP contribution is 2.39. The molecule has 1 rings (SSSR count). The Morgan fingerprint density at radius 3 is 2.33 bits per heavy atom. The fourth-order valence-corrected chi connectivity index (χ4v) is 1.61. The van der Waals surface area contributed by atoms with Crippen LogP contribution >= 0.6 is 0 Å². The van der Waals surface area contributed by atoms with Gasteiger partial charge in [-0.05, 0) is 39.5 Å². The maximum absolute atomic E-state index is 11.0. The van der Waals surface area contributed by atoms with E-state index >= 15 is 0 Å². The summed E-state index contributed by atoms with van der Waals surface area (Å²) >= 11 is 0. The zero-order valence-corrected chi connectivity index (χ0v) is 7.92. The zero-order valence-electron chi connectivity index (χ0n) is 7.92. The Hall–Kier alpha value is -0.570. The summed E-state index contributed by atoms with van der Waals surface area (Å²) < 4.78 is 0. The molecule has 0 amide bonds. The standard InChI is InChI=1S/C9H17NO2/c1-6(2)10-9(3,8(11)12)7-4-5-7/h6-7,10H,4-5H2,1-3H3,(H,11,12). The van der Waals surface area contributed by atoms with Crippen LogP contribution in [0.5, 0.6) is 0 Å². The molecule has 1 unspecified atom stereocenters. The number of rotatable bonds is 4. The van der Waals surface area contributed by atoms with Gasteiger partial charge in [0.05, 0.1) is 0 Å². The predicted molar refractivity (Wildman–Crippen MR) is 47.0 cm³/mol. The average molecular weight is 171 g/mol. The molecule has 0 saturated heterocycles. The molecular weight excluding hydrogens is 154 g/mol. The van der Waals surface area contributed by atoms with Gasteiger partial charge in [-0.1, -0.05) is 0 Å². The number of hydrogen-bond acceptors (Lipinski definition) is 2. The van der Waals surface area contributed by atoms with Crippen LogP contribution in [0.4, 0.5) is 0 Å². The van der Waals surface area contributed by atoms with Crippen molar-refractivity contribution in [3.63, 3.8) is 0 Å². The van der Waals surface area contributed by atoms with Gasteiger partial charge in [-0.15, -0.1) is 0 Å². The highest BCUT2D eigenvalue weighted by Gasteiger charge is 2.47. The molecule has 2 N–H and O–H groups in total. The molecule has 0 spiro atoms. The van der Waals surface area contributed by atoms with E-state index in [2.05, 4.69) is 5.32 Å². The third kappa shape index (κ3) is 1.78. The summed E-state index contributed by atoms with van der Waals surface area (Å²) in [5.41, 5.74) is -0.700. The summed E-state index contributed by atoms with van der Waals surface area (Å²) in [7, 11) is 0. The second kappa shape index (κ2) is 3.05. The molecule has 1 fully saturated rings. The van der Waals surface area contributed by atoms with Gasteiger partial charge in [0.15, 0.2) is 0 Å². The SMILES string of the molecule is CC(C)NC(C)(C(=O)O)C1CC1. The first kappa shape index (κ1) is 9.52. The van der Waals surface area contributed by atoms with Gasteiger partial charge < -0.3 is 5.11 Å². The van der Waals surface area contributed by atoms with Crippen LogP contribution in [0.1, 0.15) is 33.6 Å². The molecule has 12 heavy (non-hydrogen) atoms. The fourth-order valence-electron chi connectivity index (χ4n) is 1.61. The Morgan fingerprint density at radius 2 is 2.08 bits per heavy atom. The summed E-state index contributed by atoms with van der Waals surface area (Å²) in [5, 5.41) is 12.1. The summed E-state index contributed by atoms with van der Waals surface area (Å²) in [6.07, 6.45) is 2.09. The average Bonchev–Trinajstić information content (AvgIpc) is 2.65. The lowest BCUT2D eigenvalue weighted by atomic mass is 9.95. The summed E-state index contributed by atoms with van der Waals surface area (Å²) in [5.74, 6) is -0.393. The molecule has 0 aromatic heterocycles. The van der Waals surface area contributed by atoms with Gasteiger partial charge in [0, 0.05) is 6.04 Å². The molecule has 0 radical (unpaired) electrons. The molecule has 1 atom stereocenters. The highest BCUT2D eigenvalue weighted by atomic mass is 16.4. The van der Waals surface area contributed by atoms with E-state index in [0.717, 1.165) is 12.8 Å². The number of nitrogens with one attached hydrogen (secondary N) is 1. The highest BCUT2D eigenvalue weighted by molar-refractivity contribution is 5.79. The molecule has 1 aliphatic carbocycles. The number of carboxylic acid groups (broad SMARTS) is 1. The van der Waals surface area contributed by atoms with E-state index in [-0.39, 0.29) is 6.04 Å². The number of carbonyl (C=O) groups is 1. The molecule has 0 aromatic rings. The maximum Gasteiger partial charge on any atom is 0.323 e. The molecule has 3 nitrogen and oxygen atoms in total. The smallest absolute Gasteiger partial charge is 0.323 e. The largest absolute Gasteiger partial charge is 0.480 e. The van der Waals surface area contributed by atoms with Crippen molar-refractivity contribution in [2.45, 2.75) is 45.2 Å². The summed E-state index contributed by atoms with van der Waals surface area (Å²) in [4.78, 5) is 11.0. The van der Waals surface area contributed by atoms with Crippen molar-refractivity contribution in [3.05, 3.63) is 0 Å². The Morgan fingerprint density at radius 1 is 1.58 bits per heavy atom. The van der Waals surface area contributed by atoms with Crippen LogP contribution in [-0.2, 0) is 4.79 Å².